The molecule has 2 amide bonds. The van der Waals surface area contributed by atoms with E-state index >= 15 is 0 Å². The van der Waals surface area contributed by atoms with Gasteiger partial charge >= 0.3 is 0 Å². The third-order valence-corrected chi connectivity index (χ3v) is 5.43. The first-order valence-corrected chi connectivity index (χ1v) is 10.8. The number of benzene rings is 1. The van der Waals surface area contributed by atoms with Crippen LogP contribution in [-0.4, -0.2) is 44.8 Å². The maximum atomic E-state index is 14.6. The first-order chi connectivity index (χ1) is 14.5. The molecule has 6 nitrogen and oxygen atoms in total. The summed E-state index contributed by atoms with van der Waals surface area (Å²) >= 11 is 6.09. The summed E-state index contributed by atoms with van der Waals surface area (Å²) < 4.78 is 31.0. The van der Waals surface area contributed by atoms with Gasteiger partial charge in [-0.15, -0.1) is 0 Å². The fourth-order valence-corrected chi connectivity index (χ4v) is 3.74. The molecular weight excluding hydrogens is 413 g/mol. The van der Waals surface area contributed by atoms with Gasteiger partial charge in [-0.25, -0.2) is 9.29 Å². The van der Waals surface area contributed by atoms with E-state index in [-0.39, 0.29) is 23.1 Å². The van der Waals surface area contributed by atoms with Crippen molar-refractivity contribution in [3.05, 3.63) is 34.1 Å². The third-order valence-electron chi connectivity index (χ3n) is 5.13. The average Bonchev–Trinajstić information content (AvgIpc) is 2.99. The molecule has 1 aromatic rings. The Balaban J connectivity index is 1.57. The highest BCUT2D eigenvalue weighted by atomic mass is 35.5. The molecule has 0 saturated heterocycles. The van der Waals surface area contributed by atoms with Gasteiger partial charge in [-0.05, 0) is 38.2 Å². The van der Waals surface area contributed by atoms with Gasteiger partial charge in [-0.3, -0.25) is 9.59 Å². The van der Waals surface area contributed by atoms with E-state index in [1.54, 1.807) is 0 Å². The number of nitrogens with zero attached hydrogens (tertiary/aromatic N) is 1. The smallest absolute Gasteiger partial charge is 0.261 e. The number of carbonyl (C=O) groups is 2. The molecule has 0 bridgehead atoms. The number of hydrogen-bond donors (Lipinski definition) is 0. The van der Waals surface area contributed by atoms with Crippen LogP contribution in [0.5, 0.6) is 5.75 Å². The number of hydrogen-bond acceptors (Lipinski definition) is 5. The zero-order valence-corrected chi connectivity index (χ0v) is 17.9. The first kappa shape index (κ1) is 22.7. The van der Waals surface area contributed by atoms with Crippen molar-refractivity contribution in [1.82, 2.24) is 0 Å². The van der Waals surface area contributed by atoms with Crippen LogP contribution in [0.3, 0.4) is 0 Å². The van der Waals surface area contributed by atoms with Crippen LogP contribution in [0.25, 0.3) is 0 Å². The minimum Gasteiger partial charge on any atom is -0.490 e. The van der Waals surface area contributed by atoms with Crippen LogP contribution in [0.4, 0.5) is 10.1 Å². The average molecular weight is 440 g/mol. The number of unbranched alkanes of at least 4 members (excludes halogenated alkanes) is 1. The molecule has 8 heteroatoms. The highest BCUT2D eigenvalue weighted by Crippen LogP contribution is 2.39. The van der Waals surface area contributed by atoms with Crippen molar-refractivity contribution in [1.29, 1.82) is 0 Å². The van der Waals surface area contributed by atoms with Crippen LogP contribution < -0.4 is 9.64 Å². The van der Waals surface area contributed by atoms with Gasteiger partial charge in [-0.2, -0.15) is 0 Å². The Kier molecular flexibility index (Phi) is 8.24. The zero-order chi connectivity index (χ0) is 21.5. The molecule has 0 radical (unpaired) electrons. The summed E-state index contributed by atoms with van der Waals surface area (Å²) in [7, 11) is 0. The molecule has 0 saturated carbocycles. The van der Waals surface area contributed by atoms with E-state index < -0.39 is 17.6 Å². The Bertz CT molecular complexity index is 798. The molecule has 0 aromatic heterocycles. The minimum atomic E-state index is -0.741. The summed E-state index contributed by atoms with van der Waals surface area (Å²) in [6.45, 7) is 4.27. The number of ether oxygens (including phenoxy) is 3. The monoisotopic (exact) mass is 439 g/mol. The van der Waals surface area contributed by atoms with Gasteiger partial charge in [0.25, 0.3) is 11.8 Å². The van der Waals surface area contributed by atoms with Crippen molar-refractivity contribution < 1.29 is 28.2 Å². The topological polar surface area (TPSA) is 65.1 Å². The van der Waals surface area contributed by atoms with Gasteiger partial charge in [0.05, 0.1) is 30.5 Å². The van der Waals surface area contributed by atoms with Crippen LogP contribution in [0.1, 0.15) is 45.4 Å². The van der Waals surface area contributed by atoms with Gasteiger partial charge in [0.1, 0.15) is 18.2 Å². The van der Waals surface area contributed by atoms with Crippen molar-refractivity contribution in [3.63, 3.8) is 0 Å². The summed E-state index contributed by atoms with van der Waals surface area (Å²) in [6, 6.07) is 2.37. The predicted octanol–water partition coefficient (Wildman–Crippen LogP) is 4.44. The van der Waals surface area contributed by atoms with Crippen LogP contribution in [0.2, 0.25) is 5.02 Å². The highest BCUT2D eigenvalue weighted by Gasteiger charge is 2.41. The lowest BCUT2D eigenvalue weighted by atomic mass is 9.93. The molecular formula is C22H27ClFNO5. The Hall–Kier alpha value is -1.96. The molecule has 2 aliphatic rings. The van der Waals surface area contributed by atoms with Gasteiger partial charge < -0.3 is 14.2 Å². The molecule has 30 heavy (non-hydrogen) atoms. The van der Waals surface area contributed by atoms with Crippen LogP contribution in [0, 0.1) is 5.82 Å². The minimum absolute atomic E-state index is 0.0657. The molecule has 0 spiro atoms. The number of amides is 2. The summed E-state index contributed by atoms with van der Waals surface area (Å²) in [6.07, 6.45) is 4.92. The number of imide groups is 1. The van der Waals surface area contributed by atoms with Crippen molar-refractivity contribution in [2.75, 3.05) is 37.9 Å². The predicted molar refractivity (Wildman–Crippen MR) is 111 cm³/mol. The second kappa shape index (κ2) is 10.9. The normalized spacial score (nSPS) is 16.4. The molecule has 1 aliphatic heterocycles. The molecule has 0 atom stereocenters. The van der Waals surface area contributed by atoms with Crippen molar-refractivity contribution >= 4 is 29.1 Å². The summed E-state index contributed by atoms with van der Waals surface area (Å²) in [5, 5.41) is 0.0657. The maximum absolute atomic E-state index is 14.6. The van der Waals surface area contributed by atoms with E-state index in [4.69, 9.17) is 25.8 Å². The van der Waals surface area contributed by atoms with E-state index in [1.807, 2.05) is 0 Å². The number of halogens is 2. The Morgan fingerprint density at radius 2 is 1.57 bits per heavy atom. The van der Waals surface area contributed by atoms with Crippen LogP contribution in [-0.2, 0) is 19.1 Å². The quantitative estimate of drug-likeness (QED) is 0.377. The van der Waals surface area contributed by atoms with Gasteiger partial charge in [0.15, 0.2) is 0 Å². The number of anilines is 1. The third kappa shape index (κ3) is 5.20. The standard InChI is InChI=1S/C22H27ClFNO5/c1-2-3-8-28-9-10-29-11-12-30-20-14-19(18(24)13-17(20)23)25-21(26)15-6-4-5-7-16(15)22(25)27/h13-14H,2-12H2,1H3. The molecule has 1 heterocycles. The summed E-state index contributed by atoms with van der Waals surface area (Å²) in [5.41, 5.74) is 0.860. The fourth-order valence-electron chi connectivity index (χ4n) is 3.54. The second-order valence-electron chi connectivity index (χ2n) is 7.27. The van der Waals surface area contributed by atoms with Gasteiger partial charge in [0.2, 0.25) is 0 Å². The van der Waals surface area contributed by atoms with E-state index in [9.17, 15) is 14.0 Å². The SMILES string of the molecule is CCCCOCCOCCOc1cc(N2C(=O)C3=C(CCCC3)C2=O)c(F)cc1Cl. The molecule has 0 unspecified atom stereocenters. The molecule has 0 N–H and O–H groups in total. The first-order valence-electron chi connectivity index (χ1n) is 10.4. The Labute approximate surface area is 180 Å². The second-order valence-corrected chi connectivity index (χ2v) is 7.68. The number of carbonyl (C=O) groups excluding carboxylic acids is 2. The Morgan fingerprint density at radius 3 is 2.20 bits per heavy atom. The molecule has 0 fully saturated rings. The van der Waals surface area contributed by atoms with E-state index in [0.717, 1.165) is 43.3 Å². The largest absolute Gasteiger partial charge is 0.490 e. The summed E-state index contributed by atoms with van der Waals surface area (Å²) in [5.74, 6) is -1.45. The lowest BCUT2D eigenvalue weighted by Gasteiger charge is -2.18. The summed E-state index contributed by atoms with van der Waals surface area (Å²) in [4.78, 5) is 26.3. The van der Waals surface area contributed by atoms with Crippen LogP contribution >= 0.6 is 11.6 Å². The van der Waals surface area contributed by atoms with Gasteiger partial charge in [0, 0.05) is 23.8 Å². The van der Waals surface area contributed by atoms with E-state index in [0.29, 0.717) is 43.8 Å². The van der Waals surface area contributed by atoms with Crippen molar-refractivity contribution in [3.8, 4) is 5.75 Å². The molecule has 1 aliphatic carbocycles. The maximum Gasteiger partial charge on any atom is 0.261 e. The molecule has 164 valence electrons. The Morgan fingerprint density at radius 1 is 0.967 bits per heavy atom. The van der Waals surface area contributed by atoms with Crippen molar-refractivity contribution in [2.45, 2.75) is 45.4 Å². The highest BCUT2D eigenvalue weighted by molar-refractivity contribution is 6.34. The molecule has 3 rings (SSSR count). The number of rotatable bonds is 11. The fraction of sp³-hybridized carbons (Fsp3) is 0.545. The van der Waals surface area contributed by atoms with E-state index in [1.165, 1.54) is 6.07 Å². The van der Waals surface area contributed by atoms with Crippen molar-refractivity contribution in [2.24, 2.45) is 0 Å². The molecule has 1 aromatic carbocycles. The van der Waals surface area contributed by atoms with Crippen LogP contribution in [0.15, 0.2) is 23.3 Å². The van der Waals surface area contributed by atoms with Gasteiger partial charge in [-0.1, -0.05) is 24.9 Å². The lowest BCUT2D eigenvalue weighted by molar-refractivity contribution is -0.120. The zero-order valence-electron chi connectivity index (χ0n) is 17.2. The lowest BCUT2D eigenvalue weighted by Crippen LogP contribution is -2.32. The van der Waals surface area contributed by atoms with E-state index in [2.05, 4.69) is 6.92 Å².